The minimum absolute atomic E-state index is 0.0505. The molecular weight excluding hydrogens is 268 g/mol. The summed E-state index contributed by atoms with van der Waals surface area (Å²) in [4.78, 5) is 8.06. The summed E-state index contributed by atoms with van der Waals surface area (Å²) in [5.74, 6) is 0.249. The number of hydrogen-bond acceptors (Lipinski definition) is 5. The first-order valence-electron chi connectivity index (χ1n) is 7.02. The molecule has 1 aliphatic rings. The van der Waals surface area contributed by atoms with Crippen LogP contribution in [-0.4, -0.2) is 28.3 Å². The minimum Gasteiger partial charge on any atom is -0.493 e. The maximum Gasteiger partial charge on any atom is 0.319 e. The number of methoxy groups -OCH3 is 1. The van der Waals surface area contributed by atoms with Crippen LogP contribution < -0.4 is 4.74 Å². The van der Waals surface area contributed by atoms with Gasteiger partial charge in [0.1, 0.15) is 0 Å². The molecular formula is C16H18N2O3. The highest BCUT2D eigenvalue weighted by molar-refractivity contribution is 5.22. The van der Waals surface area contributed by atoms with Gasteiger partial charge in [0.25, 0.3) is 0 Å². The van der Waals surface area contributed by atoms with Crippen LogP contribution in [0.1, 0.15) is 30.0 Å². The van der Waals surface area contributed by atoms with E-state index in [1.807, 2.05) is 18.2 Å². The van der Waals surface area contributed by atoms with E-state index in [1.165, 1.54) is 12.7 Å². The van der Waals surface area contributed by atoms with Crippen LogP contribution >= 0.6 is 0 Å². The van der Waals surface area contributed by atoms with Gasteiger partial charge in [-0.05, 0) is 18.4 Å². The van der Waals surface area contributed by atoms with Gasteiger partial charge in [0, 0.05) is 12.0 Å². The van der Waals surface area contributed by atoms with Crippen LogP contribution in [-0.2, 0) is 11.3 Å². The average molecular weight is 286 g/mol. The Kier molecular flexibility index (Phi) is 4.01. The topological polar surface area (TPSA) is 64.5 Å². The molecule has 1 fully saturated rings. The minimum atomic E-state index is -0.0505. The van der Waals surface area contributed by atoms with Gasteiger partial charge in [0.05, 0.1) is 25.5 Å². The van der Waals surface area contributed by atoms with Gasteiger partial charge >= 0.3 is 6.01 Å². The van der Waals surface area contributed by atoms with Crippen molar-refractivity contribution in [2.75, 3.05) is 7.11 Å². The predicted octanol–water partition coefficient (Wildman–Crippen LogP) is 2.65. The van der Waals surface area contributed by atoms with Gasteiger partial charge in [0.15, 0.2) is 0 Å². The second-order valence-corrected chi connectivity index (χ2v) is 5.22. The van der Waals surface area contributed by atoms with Crippen LogP contribution in [0, 0.1) is 0 Å². The summed E-state index contributed by atoms with van der Waals surface area (Å²) < 4.78 is 10.8. The van der Waals surface area contributed by atoms with Crippen molar-refractivity contribution in [1.82, 2.24) is 9.97 Å². The van der Waals surface area contributed by atoms with E-state index in [0.29, 0.717) is 12.5 Å². The SMILES string of the molecule is COc1nc(O)cc(C2CC(OCc3ccccc3)C2)n1. The lowest BCUT2D eigenvalue weighted by Crippen LogP contribution is -2.30. The molecule has 110 valence electrons. The van der Waals surface area contributed by atoms with Crippen LogP contribution in [0.3, 0.4) is 0 Å². The maximum absolute atomic E-state index is 9.55. The van der Waals surface area contributed by atoms with Gasteiger partial charge < -0.3 is 14.6 Å². The molecule has 0 unspecified atom stereocenters. The molecule has 1 aromatic heterocycles. The third-order valence-corrected chi connectivity index (χ3v) is 3.74. The Morgan fingerprint density at radius 3 is 2.67 bits per heavy atom. The van der Waals surface area contributed by atoms with Gasteiger partial charge in [0.2, 0.25) is 5.88 Å². The van der Waals surface area contributed by atoms with Crippen LogP contribution in [0.5, 0.6) is 11.9 Å². The number of benzene rings is 1. The van der Waals surface area contributed by atoms with Crippen LogP contribution in [0.4, 0.5) is 0 Å². The van der Waals surface area contributed by atoms with Crippen molar-refractivity contribution in [2.24, 2.45) is 0 Å². The summed E-state index contributed by atoms with van der Waals surface area (Å²) in [6, 6.07) is 11.9. The van der Waals surface area contributed by atoms with Crippen molar-refractivity contribution in [3.05, 3.63) is 47.7 Å². The molecule has 5 nitrogen and oxygen atoms in total. The summed E-state index contributed by atoms with van der Waals surface area (Å²) in [6.45, 7) is 0.635. The van der Waals surface area contributed by atoms with Crippen LogP contribution in [0.25, 0.3) is 0 Å². The van der Waals surface area contributed by atoms with E-state index in [0.717, 1.165) is 18.5 Å². The van der Waals surface area contributed by atoms with Crippen molar-refractivity contribution in [1.29, 1.82) is 0 Å². The van der Waals surface area contributed by atoms with Gasteiger partial charge in [-0.2, -0.15) is 9.97 Å². The molecule has 1 aromatic carbocycles. The lowest BCUT2D eigenvalue weighted by molar-refractivity contribution is -0.0216. The van der Waals surface area contributed by atoms with Crippen molar-refractivity contribution in [3.63, 3.8) is 0 Å². The van der Waals surface area contributed by atoms with E-state index in [1.54, 1.807) is 6.07 Å². The Morgan fingerprint density at radius 2 is 1.95 bits per heavy atom. The van der Waals surface area contributed by atoms with Gasteiger partial charge in [-0.15, -0.1) is 0 Å². The zero-order valence-electron chi connectivity index (χ0n) is 11.9. The molecule has 21 heavy (non-hydrogen) atoms. The summed E-state index contributed by atoms with van der Waals surface area (Å²) in [7, 11) is 1.49. The summed E-state index contributed by atoms with van der Waals surface area (Å²) >= 11 is 0. The number of nitrogens with zero attached hydrogens (tertiary/aromatic N) is 2. The smallest absolute Gasteiger partial charge is 0.319 e. The van der Waals surface area contributed by atoms with Gasteiger partial charge in [-0.1, -0.05) is 30.3 Å². The molecule has 0 aliphatic heterocycles. The van der Waals surface area contributed by atoms with E-state index in [9.17, 15) is 5.11 Å². The average Bonchev–Trinajstić information content (AvgIpc) is 2.46. The standard InChI is InChI=1S/C16H18N2O3/c1-20-16-17-14(9-15(19)18-16)12-7-13(8-12)21-10-11-5-3-2-4-6-11/h2-6,9,12-13H,7-8,10H2,1H3,(H,17,18,19). The molecule has 2 aromatic rings. The lowest BCUT2D eigenvalue weighted by Gasteiger charge is -2.34. The fraction of sp³-hybridized carbons (Fsp3) is 0.375. The molecule has 3 rings (SSSR count). The Hall–Kier alpha value is -2.14. The molecule has 0 amide bonds. The van der Waals surface area contributed by atoms with E-state index >= 15 is 0 Å². The quantitative estimate of drug-likeness (QED) is 0.915. The highest BCUT2D eigenvalue weighted by Crippen LogP contribution is 2.39. The highest BCUT2D eigenvalue weighted by Gasteiger charge is 2.32. The van der Waals surface area contributed by atoms with Crippen LogP contribution in [0.2, 0.25) is 0 Å². The maximum atomic E-state index is 9.55. The van der Waals surface area contributed by atoms with Crippen molar-refractivity contribution in [3.8, 4) is 11.9 Å². The largest absolute Gasteiger partial charge is 0.493 e. The normalized spacial score (nSPS) is 20.8. The number of aromatic nitrogens is 2. The monoisotopic (exact) mass is 286 g/mol. The Labute approximate surface area is 123 Å². The van der Waals surface area contributed by atoms with E-state index < -0.39 is 0 Å². The predicted molar refractivity (Wildman–Crippen MR) is 77.2 cm³/mol. The summed E-state index contributed by atoms with van der Waals surface area (Å²) in [5.41, 5.74) is 2.00. The van der Waals surface area contributed by atoms with Crippen molar-refractivity contribution in [2.45, 2.75) is 31.5 Å². The van der Waals surface area contributed by atoms with E-state index in [4.69, 9.17) is 9.47 Å². The highest BCUT2D eigenvalue weighted by atomic mass is 16.5. The molecule has 1 saturated carbocycles. The molecule has 0 atom stereocenters. The third kappa shape index (κ3) is 3.31. The van der Waals surface area contributed by atoms with Crippen molar-refractivity contribution < 1.29 is 14.6 Å². The number of aromatic hydroxyl groups is 1. The third-order valence-electron chi connectivity index (χ3n) is 3.74. The zero-order valence-corrected chi connectivity index (χ0v) is 11.9. The molecule has 1 N–H and O–H groups in total. The first-order chi connectivity index (χ1) is 10.2. The molecule has 1 heterocycles. The Morgan fingerprint density at radius 1 is 1.19 bits per heavy atom. The van der Waals surface area contributed by atoms with Gasteiger partial charge in [-0.25, -0.2) is 0 Å². The molecule has 1 aliphatic carbocycles. The van der Waals surface area contributed by atoms with Crippen molar-refractivity contribution >= 4 is 0 Å². The fourth-order valence-corrected chi connectivity index (χ4v) is 2.46. The summed E-state index contributed by atoms with van der Waals surface area (Å²) in [6.07, 6.45) is 2.07. The fourth-order valence-electron chi connectivity index (χ4n) is 2.46. The number of ether oxygens (including phenoxy) is 2. The van der Waals surface area contributed by atoms with E-state index in [2.05, 4.69) is 22.1 Å². The second kappa shape index (κ2) is 6.10. The number of hydrogen-bond donors (Lipinski definition) is 1. The molecule has 0 radical (unpaired) electrons. The molecule has 0 saturated heterocycles. The van der Waals surface area contributed by atoms with Crippen LogP contribution in [0.15, 0.2) is 36.4 Å². The molecule has 0 bridgehead atoms. The molecule has 5 heteroatoms. The Balaban J connectivity index is 1.52. The lowest BCUT2D eigenvalue weighted by atomic mass is 9.80. The number of rotatable bonds is 5. The first-order valence-corrected chi connectivity index (χ1v) is 7.02. The summed E-state index contributed by atoms with van der Waals surface area (Å²) in [5, 5.41) is 9.55. The van der Waals surface area contributed by atoms with Gasteiger partial charge in [-0.3, -0.25) is 0 Å². The second-order valence-electron chi connectivity index (χ2n) is 5.22. The first kappa shape index (κ1) is 13.8. The Bertz CT molecular complexity index is 598. The van der Waals surface area contributed by atoms with E-state index in [-0.39, 0.29) is 18.0 Å². The molecule has 0 spiro atoms. The zero-order chi connectivity index (χ0) is 14.7.